The Labute approximate surface area is 143 Å². The molecule has 0 aliphatic heterocycles. The molecule has 24 heavy (non-hydrogen) atoms. The number of amides is 1. The summed E-state index contributed by atoms with van der Waals surface area (Å²) in [7, 11) is -3.36. The third-order valence-electron chi connectivity index (χ3n) is 3.18. The molecule has 2 aromatic heterocycles. The lowest BCUT2D eigenvalue weighted by Crippen LogP contribution is -2.11. The molecule has 1 amide bonds. The maximum absolute atomic E-state index is 12.3. The van der Waals surface area contributed by atoms with Gasteiger partial charge in [-0.3, -0.25) is 4.79 Å². The lowest BCUT2D eigenvalue weighted by Gasteiger charge is -2.03. The Morgan fingerprint density at radius 1 is 1.12 bits per heavy atom. The van der Waals surface area contributed by atoms with E-state index in [4.69, 9.17) is 0 Å². The van der Waals surface area contributed by atoms with Gasteiger partial charge in [-0.05, 0) is 29.7 Å². The SMILES string of the molecule is CS(=O)(=O)c1ccc(NC(=O)c2cc(-c3ccccc3)ns2)cn1. The third kappa shape index (κ3) is 3.66. The van der Waals surface area contributed by atoms with Crippen LogP contribution in [0.1, 0.15) is 9.67 Å². The van der Waals surface area contributed by atoms with Gasteiger partial charge in [-0.2, -0.15) is 4.37 Å². The van der Waals surface area contributed by atoms with Gasteiger partial charge in [-0.25, -0.2) is 13.4 Å². The highest BCUT2D eigenvalue weighted by Gasteiger charge is 2.13. The number of benzene rings is 1. The first-order chi connectivity index (χ1) is 11.4. The number of anilines is 1. The van der Waals surface area contributed by atoms with Gasteiger partial charge in [0.25, 0.3) is 5.91 Å². The number of nitrogens with zero attached hydrogens (tertiary/aromatic N) is 2. The molecule has 0 unspecified atom stereocenters. The number of sulfone groups is 1. The van der Waals surface area contributed by atoms with Crippen LogP contribution in [0.15, 0.2) is 59.8 Å². The predicted octanol–water partition coefficient (Wildman–Crippen LogP) is 2.86. The minimum absolute atomic E-state index is 0.0374. The van der Waals surface area contributed by atoms with Crippen molar-refractivity contribution >= 4 is 33.0 Å². The summed E-state index contributed by atoms with van der Waals surface area (Å²) >= 11 is 1.10. The third-order valence-corrected chi connectivity index (χ3v) is 4.97. The second kappa shape index (κ2) is 6.50. The minimum Gasteiger partial charge on any atom is -0.320 e. The van der Waals surface area contributed by atoms with Crippen LogP contribution in [0.25, 0.3) is 11.3 Å². The van der Waals surface area contributed by atoms with E-state index in [1.165, 1.54) is 18.3 Å². The molecule has 6 nitrogen and oxygen atoms in total. The highest BCUT2D eigenvalue weighted by atomic mass is 32.2. The predicted molar refractivity (Wildman–Crippen MR) is 92.9 cm³/mol. The summed E-state index contributed by atoms with van der Waals surface area (Å²) in [5, 5.41) is 2.64. The summed E-state index contributed by atoms with van der Waals surface area (Å²) in [5.74, 6) is -0.316. The fourth-order valence-electron chi connectivity index (χ4n) is 1.99. The van der Waals surface area contributed by atoms with Gasteiger partial charge in [-0.15, -0.1) is 0 Å². The van der Waals surface area contributed by atoms with Crippen molar-refractivity contribution in [3.63, 3.8) is 0 Å². The van der Waals surface area contributed by atoms with Gasteiger partial charge in [0.15, 0.2) is 14.9 Å². The van der Waals surface area contributed by atoms with E-state index in [1.54, 1.807) is 6.07 Å². The number of hydrogen-bond donors (Lipinski definition) is 1. The van der Waals surface area contributed by atoms with Crippen LogP contribution in [-0.4, -0.2) is 29.9 Å². The van der Waals surface area contributed by atoms with Crippen molar-refractivity contribution in [2.75, 3.05) is 11.6 Å². The largest absolute Gasteiger partial charge is 0.320 e. The smallest absolute Gasteiger partial charge is 0.267 e. The van der Waals surface area contributed by atoms with Gasteiger partial charge >= 0.3 is 0 Å². The summed E-state index contributed by atoms with van der Waals surface area (Å²) < 4.78 is 27.0. The van der Waals surface area contributed by atoms with Crippen molar-refractivity contribution in [3.8, 4) is 11.3 Å². The molecule has 2 heterocycles. The zero-order chi connectivity index (χ0) is 17.2. The Hall–Kier alpha value is -2.58. The van der Waals surface area contributed by atoms with E-state index in [-0.39, 0.29) is 10.9 Å². The Morgan fingerprint density at radius 3 is 2.50 bits per heavy atom. The normalized spacial score (nSPS) is 11.2. The highest BCUT2D eigenvalue weighted by molar-refractivity contribution is 7.90. The fourth-order valence-corrected chi connectivity index (χ4v) is 3.21. The van der Waals surface area contributed by atoms with E-state index in [1.807, 2.05) is 30.3 Å². The first kappa shape index (κ1) is 16.3. The molecule has 0 bridgehead atoms. The van der Waals surface area contributed by atoms with Crippen molar-refractivity contribution in [1.29, 1.82) is 0 Å². The fraction of sp³-hybridized carbons (Fsp3) is 0.0625. The van der Waals surface area contributed by atoms with Gasteiger partial charge < -0.3 is 5.32 Å². The molecule has 122 valence electrons. The average molecular weight is 359 g/mol. The van der Waals surface area contributed by atoms with Gasteiger partial charge in [0.05, 0.1) is 17.6 Å². The molecule has 0 aliphatic rings. The Morgan fingerprint density at radius 2 is 1.88 bits per heavy atom. The Kier molecular flexibility index (Phi) is 4.41. The van der Waals surface area contributed by atoms with E-state index in [0.29, 0.717) is 10.6 Å². The topological polar surface area (TPSA) is 89.0 Å². The first-order valence-corrected chi connectivity index (χ1v) is 9.59. The second-order valence-corrected chi connectivity index (χ2v) is 7.82. The number of carbonyl (C=O) groups is 1. The van der Waals surface area contributed by atoms with Crippen LogP contribution < -0.4 is 5.32 Å². The lowest BCUT2D eigenvalue weighted by molar-refractivity contribution is 0.103. The molecule has 8 heteroatoms. The minimum atomic E-state index is -3.36. The van der Waals surface area contributed by atoms with E-state index in [0.717, 1.165) is 29.0 Å². The summed E-state index contributed by atoms with van der Waals surface area (Å²) in [6.07, 6.45) is 2.39. The number of rotatable bonds is 4. The zero-order valence-corrected chi connectivity index (χ0v) is 14.3. The van der Waals surface area contributed by atoms with Gasteiger partial charge in [0.1, 0.15) is 4.88 Å². The quantitative estimate of drug-likeness (QED) is 0.774. The van der Waals surface area contributed by atoms with Gasteiger partial charge in [0.2, 0.25) is 0 Å². The molecule has 0 radical (unpaired) electrons. The zero-order valence-electron chi connectivity index (χ0n) is 12.6. The van der Waals surface area contributed by atoms with Gasteiger partial charge in [0, 0.05) is 11.8 Å². The molecule has 0 spiro atoms. The monoisotopic (exact) mass is 359 g/mol. The molecule has 0 fully saturated rings. The van der Waals surface area contributed by atoms with E-state index in [9.17, 15) is 13.2 Å². The number of aromatic nitrogens is 2. The van der Waals surface area contributed by atoms with Crippen LogP contribution in [0.3, 0.4) is 0 Å². The number of carbonyl (C=O) groups excluding carboxylic acids is 1. The molecule has 3 aromatic rings. The molecule has 0 saturated carbocycles. The van der Waals surface area contributed by atoms with Crippen molar-refractivity contribution < 1.29 is 13.2 Å². The molecule has 0 atom stereocenters. The van der Waals surface area contributed by atoms with E-state index >= 15 is 0 Å². The Bertz CT molecular complexity index is 965. The van der Waals surface area contributed by atoms with E-state index in [2.05, 4.69) is 14.7 Å². The van der Waals surface area contributed by atoms with Gasteiger partial charge in [-0.1, -0.05) is 30.3 Å². The highest BCUT2D eigenvalue weighted by Crippen LogP contribution is 2.22. The molecular formula is C16H13N3O3S2. The van der Waals surface area contributed by atoms with Crippen LogP contribution >= 0.6 is 11.5 Å². The molecule has 3 rings (SSSR count). The average Bonchev–Trinajstić information content (AvgIpc) is 3.05. The molecule has 0 saturated heterocycles. The molecule has 0 aliphatic carbocycles. The molecule has 1 aromatic carbocycles. The summed E-state index contributed by atoms with van der Waals surface area (Å²) in [6, 6.07) is 14.1. The summed E-state index contributed by atoms with van der Waals surface area (Å²) in [5.41, 5.74) is 2.09. The van der Waals surface area contributed by atoms with Crippen molar-refractivity contribution in [2.24, 2.45) is 0 Å². The molecular weight excluding hydrogens is 346 g/mol. The summed E-state index contributed by atoms with van der Waals surface area (Å²) in [6.45, 7) is 0. The van der Waals surface area contributed by atoms with Crippen LogP contribution in [0.2, 0.25) is 0 Å². The van der Waals surface area contributed by atoms with Crippen LogP contribution in [0, 0.1) is 0 Å². The number of hydrogen-bond acceptors (Lipinski definition) is 6. The van der Waals surface area contributed by atoms with Crippen LogP contribution in [0.4, 0.5) is 5.69 Å². The van der Waals surface area contributed by atoms with Crippen LogP contribution in [-0.2, 0) is 9.84 Å². The van der Waals surface area contributed by atoms with Crippen molar-refractivity contribution in [3.05, 3.63) is 59.6 Å². The Balaban J connectivity index is 1.75. The molecule has 1 N–H and O–H groups in total. The maximum atomic E-state index is 12.3. The number of nitrogens with one attached hydrogen (secondary N) is 1. The maximum Gasteiger partial charge on any atom is 0.267 e. The van der Waals surface area contributed by atoms with Crippen molar-refractivity contribution in [2.45, 2.75) is 5.03 Å². The summed E-state index contributed by atoms with van der Waals surface area (Å²) in [4.78, 5) is 16.5. The second-order valence-electron chi connectivity index (χ2n) is 5.05. The van der Waals surface area contributed by atoms with Crippen LogP contribution in [0.5, 0.6) is 0 Å². The first-order valence-electron chi connectivity index (χ1n) is 6.93. The van der Waals surface area contributed by atoms with Crippen molar-refractivity contribution in [1.82, 2.24) is 9.36 Å². The standard InChI is InChI=1S/C16H13N3O3S2/c1-24(21,22)15-8-7-12(10-17-15)18-16(20)14-9-13(19-23-14)11-5-3-2-4-6-11/h2-10H,1H3,(H,18,20). The number of pyridine rings is 1. The van der Waals surface area contributed by atoms with E-state index < -0.39 is 9.84 Å². The lowest BCUT2D eigenvalue weighted by atomic mass is 10.1.